The third-order valence-corrected chi connectivity index (χ3v) is 8.31. The van der Waals surface area contributed by atoms with E-state index < -0.39 is 40.0 Å². The van der Waals surface area contributed by atoms with Gasteiger partial charge in [-0.2, -0.15) is 0 Å². The van der Waals surface area contributed by atoms with Crippen molar-refractivity contribution in [3.63, 3.8) is 0 Å². The Morgan fingerprint density at radius 2 is 1.58 bits per heavy atom. The highest BCUT2D eigenvalue weighted by molar-refractivity contribution is 7.92. The molecule has 0 spiro atoms. The molecule has 0 fully saturated rings. The van der Waals surface area contributed by atoms with E-state index in [2.05, 4.69) is 5.32 Å². The van der Waals surface area contributed by atoms with E-state index in [1.54, 1.807) is 24.3 Å². The molecule has 0 unspecified atom stereocenters. The lowest BCUT2D eigenvalue weighted by Gasteiger charge is -2.35. The van der Waals surface area contributed by atoms with Crippen molar-refractivity contribution in [1.29, 1.82) is 0 Å². The summed E-state index contributed by atoms with van der Waals surface area (Å²) in [5.41, 5.74) is 0.976. The van der Waals surface area contributed by atoms with Gasteiger partial charge in [-0.05, 0) is 56.2 Å². The minimum Gasteiger partial charge on any atom is -0.497 e. The number of sulfonamides is 1. The number of ether oxygens (including phenoxy) is 2. The summed E-state index contributed by atoms with van der Waals surface area (Å²) in [6, 6.07) is 17.8. The monoisotopic (exact) mass is 649 g/mol. The van der Waals surface area contributed by atoms with Crippen LogP contribution in [-0.4, -0.2) is 63.7 Å². The Hall–Kier alpha value is -3.47. The zero-order valence-corrected chi connectivity index (χ0v) is 27.4. The number of nitrogens with zero attached hydrogens (tertiary/aromatic N) is 2. The number of halogens is 2. The lowest BCUT2D eigenvalue weighted by Crippen LogP contribution is -2.56. The summed E-state index contributed by atoms with van der Waals surface area (Å²) in [6.45, 7) is 4.89. The molecule has 0 aromatic heterocycles. The van der Waals surface area contributed by atoms with Gasteiger partial charge in [0.05, 0.1) is 36.2 Å². The first-order chi connectivity index (χ1) is 20.1. The van der Waals surface area contributed by atoms with Gasteiger partial charge in [0.15, 0.2) is 0 Å². The van der Waals surface area contributed by atoms with Crippen LogP contribution in [0, 0.1) is 0 Å². The summed E-state index contributed by atoms with van der Waals surface area (Å²) in [7, 11) is -1.12. The van der Waals surface area contributed by atoms with Crippen molar-refractivity contribution in [2.24, 2.45) is 0 Å². The summed E-state index contributed by atoms with van der Waals surface area (Å²) in [5.74, 6) is -0.361. The van der Waals surface area contributed by atoms with E-state index in [0.717, 1.165) is 16.1 Å². The summed E-state index contributed by atoms with van der Waals surface area (Å²) >= 11 is 12.4. The molecule has 3 rings (SSSR count). The van der Waals surface area contributed by atoms with Crippen molar-refractivity contribution in [3.8, 4) is 11.5 Å². The molecule has 3 aromatic rings. The number of rotatable bonds is 12. The molecule has 43 heavy (non-hydrogen) atoms. The van der Waals surface area contributed by atoms with E-state index >= 15 is 0 Å². The highest BCUT2D eigenvalue weighted by Gasteiger charge is 2.35. The third-order valence-electron chi connectivity index (χ3n) is 6.44. The maximum absolute atomic E-state index is 14.3. The van der Waals surface area contributed by atoms with E-state index in [-0.39, 0.29) is 29.4 Å². The zero-order chi connectivity index (χ0) is 31.9. The Labute approximate surface area is 263 Å². The molecular weight excluding hydrogens is 613 g/mol. The van der Waals surface area contributed by atoms with Crippen LogP contribution in [0.2, 0.25) is 10.0 Å². The zero-order valence-electron chi connectivity index (χ0n) is 25.1. The van der Waals surface area contributed by atoms with Crippen LogP contribution < -0.4 is 19.1 Å². The van der Waals surface area contributed by atoms with Gasteiger partial charge >= 0.3 is 0 Å². The van der Waals surface area contributed by atoms with Gasteiger partial charge in [0.1, 0.15) is 24.1 Å². The molecule has 1 atom stereocenters. The topological polar surface area (TPSA) is 105 Å². The van der Waals surface area contributed by atoms with E-state index in [9.17, 15) is 18.0 Å². The van der Waals surface area contributed by atoms with Gasteiger partial charge in [-0.25, -0.2) is 8.42 Å². The number of benzene rings is 3. The SMILES string of the molecule is COc1ccc(N(CC(=O)N(Cc2ccc(Cl)c(Cl)c2)[C@H](Cc2ccccc2)C(=O)NC(C)(C)C)S(C)(=O)=O)c(OC)c1. The Morgan fingerprint density at radius 3 is 2.14 bits per heavy atom. The molecule has 9 nitrogen and oxygen atoms in total. The number of anilines is 1. The van der Waals surface area contributed by atoms with E-state index in [1.807, 2.05) is 51.1 Å². The average molecular weight is 651 g/mol. The number of carbonyl (C=O) groups is 2. The highest BCUT2D eigenvalue weighted by Crippen LogP contribution is 2.34. The number of amides is 2. The van der Waals surface area contributed by atoms with Crippen LogP contribution in [0.5, 0.6) is 11.5 Å². The molecule has 232 valence electrons. The smallest absolute Gasteiger partial charge is 0.244 e. The van der Waals surface area contributed by atoms with Crippen LogP contribution in [0.15, 0.2) is 66.7 Å². The fourth-order valence-electron chi connectivity index (χ4n) is 4.43. The van der Waals surface area contributed by atoms with Crippen LogP contribution in [0.25, 0.3) is 0 Å². The van der Waals surface area contributed by atoms with Gasteiger partial charge in [0.25, 0.3) is 0 Å². The fraction of sp³-hybridized carbons (Fsp3) is 0.355. The fourth-order valence-corrected chi connectivity index (χ4v) is 5.60. The number of hydrogen-bond acceptors (Lipinski definition) is 6. The number of nitrogens with one attached hydrogen (secondary N) is 1. The van der Waals surface area contributed by atoms with Crippen molar-refractivity contribution in [2.75, 3.05) is 31.3 Å². The standard InChI is InChI=1S/C31H37Cl2N3O6S/c1-31(2,3)34-30(38)27(17-21-10-8-7-9-11-21)35(19-22-12-14-24(32)25(33)16-22)29(37)20-36(43(6,39)40)26-15-13-23(41-4)18-28(26)42-5/h7-16,18,27H,17,19-20H2,1-6H3,(H,34,38)/t27-/m1/s1. The van der Waals surface area contributed by atoms with Gasteiger partial charge in [0.2, 0.25) is 21.8 Å². The predicted octanol–water partition coefficient (Wildman–Crippen LogP) is 5.33. The Morgan fingerprint density at radius 1 is 0.907 bits per heavy atom. The van der Waals surface area contributed by atoms with Crippen LogP contribution in [-0.2, 0) is 32.6 Å². The minimum absolute atomic E-state index is 0.0395. The molecule has 0 heterocycles. The molecule has 0 saturated heterocycles. The maximum atomic E-state index is 14.3. The molecule has 0 radical (unpaired) electrons. The minimum atomic E-state index is -3.99. The quantitative estimate of drug-likeness (QED) is 0.284. The molecule has 0 saturated carbocycles. The molecule has 0 aliphatic rings. The van der Waals surface area contributed by atoms with Crippen LogP contribution >= 0.6 is 23.2 Å². The van der Waals surface area contributed by atoms with Crippen LogP contribution in [0.3, 0.4) is 0 Å². The largest absolute Gasteiger partial charge is 0.497 e. The second-order valence-electron chi connectivity index (χ2n) is 11.0. The Balaban J connectivity index is 2.13. The second-order valence-corrected chi connectivity index (χ2v) is 13.7. The summed E-state index contributed by atoms with van der Waals surface area (Å²) in [6.07, 6.45) is 1.18. The van der Waals surface area contributed by atoms with E-state index in [0.29, 0.717) is 16.3 Å². The molecule has 2 amide bonds. The lowest BCUT2D eigenvalue weighted by atomic mass is 10.0. The normalized spacial score (nSPS) is 12.3. The lowest BCUT2D eigenvalue weighted by molar-refractivity contribution is -0.140. The van der Waals surface area contributed by atoms with Gasteiger partial charge in [-0.15, -0.1) is 0 Å². The second kappa shape index (κ2) is 14.3. The van der Waals surface area contributed by atoms with E-state index in [4.69, 9.17) is 32.7 Å². The predicted molar refractivity (Wildman–Crippen MR) is 171 cm³/mol. The van der Waals surface area contributed by atoms with Crippen molar-refractivity contribution >= 4 is 50.7 Å². The number of methoxy groups -OCH3 is 2. The number of hydrogen-bond donors (Lipinski definition) is 1. The summed E-state index contributed by atoms with van der Waals surface area (Å²) < 4.78 is 37.8. The van der Waals surface area contributed by atoms with Crippen molar-refractivity contribution in [2.45, 2.75) is 45.3 Å². The van der Waals surface area contributed by atoms with Crippen LogP contribution in [0.4, 0.5) is 5.69 Å². The highest BCUT2D eigenvalue weighted by atomic mass is 35.5. The van der Waals surface area contributed by atoms with Crippen molar-refractivity contribution in [1.82, 2.24) is 10.2 Å². The molecule has 0 bridgehead atoms. The third kappa shape index (κ3) is 9.51. The van der Waals surface area contributed by atoms with E-state index in [1.165, 1.54) is 31.3 Å². The first-order valence-corrected chi connectivity index (χ1v) is 16.0. The molecule has 3 aromatic carbocycles. The summed E-state index contributed by atoms with van der Waals surface area (Å²) in [5, 5.41) is 3.60. The van der Waals surface area contributed by atoms with Crippen LogP contribution in [0.1, 0.15) is 31.9 Å². The van der Waals surface area contributed by atoms with Crippen molar-refractivity contribution < 1.29 is 27.5 Å². The van der Waals surface area contributed by atoms with Gasteiger partial charge in [-0.3, -0.25) is 13.9 Å². The first-order valence-electron chi connectivity index (χ1n) is 13.4. The molecule has 0 aliphatic carbocycles. The van der Waals surface area contributed by atoms with Gasteiger partial charge in [-0.1, -0.05) is 59.6 Å². The molecular formula is C31H37Cl2N3O6S. The Kier molecular flexibility index (Phi) is 11.3. The van der Waals surface area contributed by atoms with Gasteiger partial charge < -0.3 is 19.7 Å². The van der Waals surface area contributed by atoms with Gasteiger partial charge in [0, 0.05) is 24.6 Å². The average Bonchev–Trinajstić information content (AvgIpc) is 2.94. The first kappa shape index (κ1) is 34.0. The molecule has 1 N–H and O–H groups in total. The summed E-state index contributed by atoms with van der Waals surface area (Å²) in [4.78, 5) is 29.5. The maximum Gasteiger partial charge on any atom is 0.244 e. The molecule has 0 aliphatic heterocycles. The van der Waals surface area contributed by atoms with Crippen molar-refractivity contribution in [3.05, 3.63) is 87.9 Å². The Bertz CT molecular complexity index is 1540. The number of carbonyl (C=O) groups excluding carboxylic acids is 2. The molecule has 12 heteroatoms.